The van der Waals surface area contributed by atoms with Gasteiger partial charge in [0.2, 0.25) is 5.91 Å². The van der Waals surface area contributed by atoms with Gasteiger partial charge in [-0.3, -0.25) is 9.59 Å². The molecule has 122 valence electrons. The largest absolute Gasteiger partial charge is 0.464 e. The van der Waals surface area contributed by atoms with Crippen LogP contribution < -0.4 is 16.4 Å². The fourth-order valence-electron chi connectivity index (χ4n) is 1.52. The number of nitrogens with two attached hydrogens (primary N) is 1. The second-order valence-corrected chi connectivity index (χ2v) is 4.28. The van der Waals surface area contributed by atoms with E-state index in [4.69, 9.17) is 10.5 Å². The number of esters is 1. The molecular weight excluding hydrogens is 310 g/mol. The van der Waals surface area contributed by atoms with Crippen LogP contribution in [0.5, 0.6) is 0 Å². The number of rotatable bonds is 6. The first-order chi connectivity index (χ1) is 9.97. The standard InChI is InChI=1S/C14H19N3O4.ClH/c1-3-21-14(20)9(2)16-13(19)10-4-6-11(7-5-10)17-12(18)8-15;/h4-7,9H,3,8,15H2,1-2H3,(H,16,19)(H,17,18);1H. The number of ether oxygens (including phenoxy) is 1. The molecule has 1 unspecified atom stereocenters. The second kappa shape index (κ2) is 9.75. The van der Waals surface area contributed by atoms with Gasteiger partial charge in [-0.15, -0.1) is 12.4 Å². The van der Waals surface area contributed by atoms with Crippen molar-refractivity contribution >= 4 is 35.9 Å². The van der Waals surface area contributed by atoms with Gasteiger partial charge < -0.3 is 21.1 Å². The summed E-state index contributed by atoms with van der Waals surface area (Å²) in [5.74, 6) is -1.20. The quantitative estimate of drug-likeness (QED) is 0.665. The van der Waals surface area contributed by atoms with E-state index in [0.29, 0.717) is 11.3 Å². The van der Waals surface area contributed by atoms with Crippen molar-refractivity contribution in [2.24, 2.45) is 5.73 Å². The zero-order valence-corrected chi connectivity index (χ0v) is 13.2. The minimum absolute atomic E-state index is 0. The molecular formula is C14H20ClN3O4. The number of anilines is 1. The number of benzene rings is 1. The Kier molecular flexibility index (Phi) is 8.81. The fraction of sp³-hybridized carbons (Fsp3) is 0.357. The molecule has 0 aliphatic carbocycles. The third-order valence-corrected chi connectivity index (χ3v) is 2.60. The summed E-state index contributed by atoms with van der Waals surface area (Å²) in [6.45, 7) is 3.39. The average molecular weight is 330 g/mol. The number of hydrogen-bond donors (Lipinski definition) is 3. The summed E-state index contributed by atoms with van der Waals surface area (Å²) in [5, 5.41) is 5.10. The maximum Gasteiger partial charge on any atom is 0.328 e. The van der Waals surface area contributed by atoms with Crippen LogP contribution in [-0.2, 0) is 14.3 Å². The van der Waals surface area contributed by atoms with Crippen LogP contribution in [0.2, 0.25) is 0 Å². The lowest BCUT2D eigenvalue weighted by atomic mass is 10.2. The van der Waals surface area contributed by atoms with Crippen molar-refractivity contribution < 1.29 is 19.1 Å². The van der Waals surface area contributed by atoms with Crippen LogP contribution in [0.4, 0.5) is 5.69 Å². The Morgan fingerprint density at radius 3 is 2.32 bits per heavy atom. The Labute approximate surface area is 135 Å². The first kappa shape index (κ1) is 19.9. The summed E-state index contributed by atoms with van der Waals surface area (Å²) in [5.41, 5.74) is 6.10. The van der Waals surface area contributed by atoms with E-state index >= 15 is 0 Å². The second-order valence-electron chi connectivity index (χ2n) is 4.28. The molecule has 1 atom stereocenters. The predicted octanol–water partition coefficient (Wildman–Crippen LogP) is 0.687. The Balaban J connectivity index is 0.00000441. The van der Waals surface area contributed by atoms with Crippen molar-refractivity contribution in [3.8, 4) is 0 Å². The number of amides is 2. The predicted molar refractivity (Wildman–Crippen MR) is 84.9 cm³/mol. The summed E-state index contributed by atoms with van der Waals surface area (Å²) >= 11 is 0. The van der Waals surface area contributed by atoms with Crippen molar-refractivity contribution in [3.05, 3.63) is 29.8 Å². The number of nitrogens with one attached hydrogen (secondary N) is 2. The topological polar surface area (TPSA) is 111 Å². The van der Waals surface area contributed by atoms with Gasteiger partial charge in [0.25, 0.3) is 5.91 Å². The molecule has 4 N–H and O–H groups in total. The Morgan fingerprint density at radius 1 is 1.23 bits per heavy atom. The van der Waals surface area contributed by atoms with E-state index in [1.165, 1.54) is 0 Å². The zero-order chi connectivity index (χ0) is 15.8. The highest BCUT2D eigenvalue weighted by Crippen LogP contribution is 2.09. The molecule has 2 amide bonds. The van der Waals surface area contributed by atoms with E-state index in [1.807, 2.05) is 0 Å². The van der Waals surface area contributed by atoms with Crippen molar-refractivity contribution in [1.82, 2.24) is 5.32 Å². The molecule has 0 aromatic heterocycles. The van der Waals surface area contributed by atoms with E-state index in [2.05, 4.69) is 10.6 Å². The lowest BCUT2D eigenvalue weighted by Gasteiger charge is -2.12. The van der Waals surface area contributed by atoms with Crippen LogP contribution in [0.15, 0.2) is 24.3 Å². The summed E-state index contributed by atoms with van der Waals surface area (Å²) in [4.78, 5) is 34.5. The van der Waals surface area contributed by atoms with E-state index in [9.17, 15) is 14.4 Å². The van der Waals surface area contributed by atoms with Gasteiger partial charge in [0.15, 0.2) is 0 Å². The van der Waals surface area contributed by atoms with Gasteiger partial charge >= 0.3 is 5.97 Å². The first-order valence-corrected chi connectivity index (χ1v) is 6.55. The van der Waals surface area contributed by atoms with E-state index in [0.717, 1.165) is 0 Å². The highest BCUT2D eigenvalue weighted by atomic mass is 35.5. The minimum Gasteiger partial charge on any atom is -0.464 e. The maximum absolute atomic E-state index is 11.9. The smallest absolute Gasteiger partial charge is 0.328 e. The molecule has 0 aliphatic rings. The van der Waals surface area contributed by atoms with Crippen LogP contribution in [0.25, 0.3) is 0 Å². The van der Waals surface area contributed by atoms with Gasteiger partial charge in [0.05, 0.1) is 13.2 Å². The maximum atomic E-state index is 11.9. The Bertz CT molecular complexity index is 519. The number of halogens is 1. The molecule has 0 saturated carbocycles. The Hall–Kier alpha value is -2.12. The molecule has 1 rings (SSSR count). The summed E-state index contributed by atoms with van der Waals surface area (Å²) in [7, 11) is 0. The molecule has 0 heterocycles. The highest BCUT2D eigenvalue weighted by molar-refractivity contribution is 5.97. The summed E-state index contributed by atoms with van der Waals surface area (Å²) < 4.78 is 4.80. The number of carbonyl (C=O) groups excluding carboxylic acids is 3. The van der Waals surface area contributed by atoms with Gasteiger partial charge in [0, 0.05) is 11.3 Å². The van der Waals surface area contributed by atoms with Crippen LogP contribution >= 0.6 is 12.4 Å². The summed E-state index contributed by atoms with van der Waals surface area (Å²) in [6.07, 6.45) is 0. The molecule has 0 spiro atoms. The van der Waals surface area contributed by atoms with Crippen LogP contribution in [0.3, 0.4) is 0 Å². The van der Waals surface area contributed by atoms with Gasteiger partial charge in [-0.05, 0) is 38.1 Å². The fourth-order valence-corrected chi connectivity index (χ4v) is 1.52. The van der Waals surface area contributed by atoms with Crippen LogP contribution in [-0.4, -0.2) is 37.0 Å². The molecule has 0 aliphatic heterocycles. The molecule has 0 saturated heterocycles. The SMILES string of the molecule is CCOC(=O)C(C)NC(=O)c1ccc(NC(=O)CN)cc1.Cl. The lowest BCUT2D eigenvalue weighted by Crippen LogP contribution is -2.39. The number of hydrogen-bond acceptors (Lipinski definition) is 5. The first-order valence-electron chi connectivity index (χ1n) is 6.55. The van der Waals surface area contributed by atoms with Gasteiger partial charge in [-0.25, -0.2) is 4.79 Å². The van der Waals surface area contributed by atoms with Crippen molar-refractivity contribution in [2.75, 3.05) is 18.5 Å². The van der Waals surface area contributed by atoms with Crippen molar-refractivity contribution in [2.45, 2.75) is 19.9 Å². The number of carbonyl (C=O) groups is 3. The van der Waals surface area contributed by atoms with E-state index in [-0.39, 0.29) is 31.5 Å². The third-order valence-electron chi connectivity index (χ3n) is 2.60. The normalized spacial score (nSPS) is 10.9. The van der Waals surface area contributed by atoms with Gasteiger partial charge in [-0.1, -0.05) is 0 Å². The van der Waals surface area contributed by atoms with Crippen molar-refractivity contribution in [3.63, 3.8) is 0 Å². The summed E-state index contributed by atoms with van der Waals surface area (Å²) in [6, 6.07) is 5.52. The molecule has 1 aromatic carbocycles. The van der Waals surface area contributed by atoms with Crippen molar-refractivity contribution in [1.29, 1.82) is 0 Å². The molecule has 0 radical (unpaired) electrons. The van der Waals surface area contributed by atoms with Crippen LogP contribution in [0.1, 0.15) is 24.2 Å². The highest BCUT2D eigenvalue weighted by Gasteiger charge is 2.17. The zero-order valence-electron chi connectivity index (χ0n) is 12.4. The molecule has 22 heavy (non-hydrogen) atoms. The Morgan fingerprint density at radius 2 is 1.82 bits per heavy atom. The molecule has 7 nitrogen and oxygen atoms in total. The molecule has 0 bridgehead atoms. The van der Waals surface area contributed by atoms with Gasteiger partial charge in [0.1, 0.15) is 6.04 Å². The van der Waals surface area contributed by atoms with Crippen LogP contribution in [0, 0.1) is 0 Å². The minimum atomic E-state index is -0.728. The molecule has 0 fully saturated rings. The van der Waals surface area contributed by atoms with E-state index < -0.39 is 17.9 Å². The molecule has 1 aromatic rings. The van der Waals surface area contributed by atoms with E-state index in [1.54, 1.807) is 38.1 Å². The average Bonchev–Trinajstić information content (AvgIpc) is 2.47. The molecule has 8 heteroatoms. The van der Waals surface area contributed by atoms with Gasteiger partial charge in [-0.2, -0.15) is 0 Å². The lowest BCUT2D eigenvalue weighted by molar-refractivity contribution is -0.144. The third kappa shape index (κ3) is 6.11. The monoisotopic (exact) mass is 329 g/mol.